The molecule has 11 nitrogen and oxygen atoms in total. The van der Waals surface area contributed by atoms with Gasteiger partial charge in [-0.2, -0.15) is 0 Å². The molecule has 0 saturated heterocycles. The monoisotopic (exact) mass is 552 g/mol. The van der Waals surface area contributed by atoms with E-state index in [0.717, 1.165) is 0 Å². The Morgan fingerprint density at radius 2 is 1.00 bits per heavy atom. The molecule has 0 amide bonds. The van der Waals surface area contributed by atoms with E-state index < -0.39 is 33.0 Å². The molecule has 0 aliphatic carbocycles. The molecule has 0 fully saturated rings. The Hall–Kier alpha value is 1.62. The summed E-state index contributed by atoms with van der Waals surface area (Å²) in [4.78, 5) is 37.1. The van der Waals surface area contributed by atoms with E-state index in [9.17, 15) is 37.8 Å². The molecule has 0 aliphatic rings. The zero-order valence-corrected chi connectivity index (χ0v) is 16.4. The number of hydrogen-bond acceptors (Lipinski definition) is 11. The second-order valence-electron chi connectivity index (χ2n) is 1.62. The predicted molar refractivity (Wildman–Crippen MR) is 56.0 cm³/mol. The number of alkyl halides is 1. The first kappa shape index (κ1) is 28.7. The standard InChI is InChI=1S/C2H5ClO.2H4O5P2.W/c3-1-2-4;2*1-6(2)5-7(3)4;/h4H,1-2H2;2*6-7H,(H,1,2)(H,3,4);/q;;;+4/p-4. The van der Waals surface area contributed by atoms with Gasteiger partial charge in [0.1, 0.15) is 33.0 Å². The van der Waals surface area contributed by atoms with Crippen LogP contribution in [-0.4, -0.2) is 17.6 Å². The van der Waals surface area contributed by atoms with Crippen LogP contribution in [0.25, 0.3) is 0 Å². The van der Waals surface area contributed by atoms with E-state index in [1.165, 1.54) is 0 Å². The van der Waals surface area contributed by atoms with Crippen molar-refractivity contribution in [1.29, 1.82) is 0 Å². The van der Waals surface area contributed by atoms with Crippen LogP contribution in [0.15, 0.2) is 0 Å². The summed E-state index contributed by atoms with van der Waals surface area (Å²) < 4.78 is 43.6. The van der Waals surface area contributed by atoms with Gasteiger partial charge in [0.25, 0.3) is 0 Å². The summed E-state index contributed by atoms with van der Waals surface area (Å²) >= 11 is 4.94. The molecule has 0 saturated carbocycles. The fraction of sp³-hybridized carbons (Fsp3) is 1.00. The van der Waals surface area contributed by atoms with Crippen LogP contribution >= 0.6 is 44.6 Å². The summed E-state index contributed by atoms with van der Waals surface area (Å²) in [6.07, 6.45) is 0. The average Bonchev–Trinajstić information content (AvgIpc) is 2.14. The van der Waals surface area contributed by atoms with Gasteiger partial charge in [0.2, 0.25) is 0 Å². The Bertz CT molecular complexity index is 234. The van der Waals surface area contributed by atoms with Gasteiger partial charge in [0.05, 0.1) is 6.61 Å². The van der Waals surface area contributed by atoms with Gasteiger partial charge in [-0.1, -0.05) is 0 Å². The van der Waals surface area contributed by atoms with E-state index in [-0.39, 0.29) is 27.7 Å². The maximum absolute atomic E-state index is 9.29. The number of aliphatic hydroxyl groups excluding tert-OH is 1. The zero-order chi connectivity index (χ0) is 15.1. The van der Waals surface area contributed by atoms with Gasteiger partial charge in [0.15, 0.2) is 0 Å². The van der Waals surface area contributed by atoms with E-state index >= 15 is 0 Å². The SMILES string of the molecule is O=[PH]([O-])O[PH](=O)[O-].O=[PH]([O-])O[PH](=O)[O-].OCCCl.[W+4]. The minimum Gasteiger partial charge on any atom is -0.781 e. The van der Waals surface area contributed by atoms with E-state index in [1.807, 2.05) is 0 Å². The van der Waals surface area contributed by atoms with Crippen molar-refractivity contribution in [2.45, 2.75) is 0 Å². The van der Waals surface area contributed by atoms with E-state index in [1.54, 1.807) is 0 Å². The van der Waals surface area contributed by atoms with Crippen molar-refractivity contribution >= 4 is 44.6 Å². The van der Waals surface area contributed by atoms with Crippen molar-refractivity contribution < 1.29 is 72.6 Å². The first-order valence-electron chi connectivity index (χ1n) is 3.53. The smallest absolute Gasteiger partial charge is 0.781 e. The molecule has 0 aromatic rings. The second kappa shape index (κ2) is 21.9. The van der Waals surface area contributed by atoms with Crippen molar-refractivity contribution in [3.05, 3.63) is 0 Å². The van der Waals surface area contributed by atoms with Crippen molar-refractivity contribution in [1.82, 2.24) is 0 Å². The zero-order valence-electron chi connectivity index (χ0n) is 8.73. The fourth-order valence-electron chi connectivity index (χ4n) is 0.136. The van der Waals surface area contributed by atoms with Gasteiger partial charge in [0, 0.05) is 5.88 Å². The molecule has 0 heterocycles. The number of hydrogen-bond donors (Lipinski definition) is 1. The van der Waals surface area contributed by atoms with Gasteiger partial charge >= 0.3 is 21.1 Å². The maximum atomic E-state index is 9.29. The Morgan fingerprint density at radius 1 is 0.842 bits per heavy atom. The Morgan fingerprint density at radius 3 is 1.00 bits per heavy atom. The third-order valence-electron chi connectivity index (χ3n) is 0.418. The summed E-state index contributed by atoms with van der Waals surface area (Å²) in [7, 11) is -14.1. The third kappa shape index (κ3) is 54.0. The number of aliphatic hydroxyl groups is 1. The van der Waals surface area contributed by atoms with Gasteiger partial charge in [-0.3, -0.25) is 8.62 Å². The van der Waals surface area contributed by atoms with Gasteiger partial charge < -0.3 is 42.9 Å². The van der Waals surface area contributed by atoms with E-state index in [2.05, 4.69) is 8.62 Å². The molecule has 1 N–H and O–H groups in total. The Balaban J connectivity index is -0.0000000900. The van der Waals surface area contributed by atoms with Crippen LogP contribution in [-0.2, 0) is 47.9 Å². The minimum atomic E-state index is -3.51. The molecule has 0 bridgehead atoms. The Kier molecular flexibility index (Phi) is 33.1. The molecule has 0 spiro atoms. The molecular weight excluding hydrogens is 543 g/mol. The van der Waals surface area contributed by atoms with Crippen molar-refractivity contribution in [3.8, 4) is 0 Å². The van der Waals surface area contributed by atoms with Gasteiger partial charge in [-0.15, -0.1) is 11.6 Å². The number of halogens is 1. The molecule has 0 radical (unpaired) electrons. The average molecular weight is 552 g/mol. The molecule has 116 valence electrons. The molecular formula is C2H9ClO11P4W. The van der Waals surface area contributed by atoms with Crippen LogP contribution in [0.5, 0.6) is 0 Å². The molecule has 19 heavy (non-hydrogen) atoms. The summed E-state index contributed by atoms with van der Waals surface area (Å²) in [5, 5.41) is 7.74. The molecule has 4 unspecified atom stereocenters. The largest absolute Gasteiger partial charge is 4.00 e. The molecule has 0 aliphatic heterocycles. The topological polar surface area (TPSA) is 199 Å². The normalized spacial score (nSPS) is 15.3. The summed E-state index contributed by atoms with van der Waals surface area (Å²) in [6, 6.07) is 0. The molecule has 4 atom stereocenters. The van der Waals surface area contributed by atoms with Crippen LogP contribution in [0.1, 0.15) is 0 Å². The van der Waals surface area contributed by atoms with Gasteiger partial charge in [-0.05, 0) is 0 Å². The van der Waals surface area contributed by atoms with Crippen LogP contribution in [0.2, 0.25) is 0 Å². The first-order valence-corrected chi connectivity index (χ1v) is 8.97. The van der Waals surface area contributed by atoms with Crippen molar-refractivity contribution in [2.75, 3.05) is 12.5 Å². The summed E-state index contributed by atoms with van der Waals surface area (Å²) in [5.41, 5.74) is 0. The predicted octanol–water partition coefficient (Wildman–Crippen LogP) is -2.78. The second-order valence-corrected chi connectivity index (χ2v) is 5.63. The van der Waals surface area contributed by atoms with Crippen molar-refractivity contribution in [3.63, 3.8) is 0 Å². The van der Waals surface area contributed by atoms with E-state index in [4.69, 9.17) is 16.7 Å². The van der Waals surface area contributed by atoms with Crippen LogP contribution in [0, 0.1) is 0 Å². The quantitative estimate of drug-likeness (QED) is 0.273. The van der Waals surface area contributed by atoms with Crippen molar-refractivity contribution in [2.24, 2.45) is 0 Å². The Labute approximate surface area is 130 Å². The van der Waals surface area contributed by atoms with Gasteiger partial charge in [-0.25, -0.2) is 0 Å². The summed E-state index contributed by atoms with van der Waals surface area (Å²) in [5.74, 6) is 0.347. The first-order chi connectivity index (χ1) is 8.17. The third-order valence-corrected chi connectivity index (χ3v) is 3.25. The van der Waals surface area contributed by atoms with Crippen LogP contribution < -0.4 is 19.6 Å². The maximum Gasteiger partial charge on any atom is 4.00 e. The molecule has 0 aromatic carbocycles. The number of rotatable bonds is 5. The molecule has 0 aromatic heterocycles. The molecule has 0 rings (SSSR count). The fourth-order valence-corrected chi connectivity index (χ4v) is 1.22. The van der Waals surface area contributed by atoms with Crippen LogP contribution in [0.3, 0.4) is 0 Å². The summed E-state index contributed by atoms with van der Waals surface area (Å²) in [6.45, 7) is 0.0849. The van der Waals surface area contributed by atoms with Crippen LogP contribution in [0.4, 0.5) is 0 Å². The molecule has 17 heteroatoms. The minimum absolute atomic E-state index is 0. The van der Waals surface area contributed by atoms with E-state index in [0.29, 0.717) is 5.88 Å².